The van der Waals surface area contributed by atoms with Gasteiger partial charge in [0.1, 0.15) is 5.75 Å². The number of hydrogen-bond donors (Lipinski definition) is 3. The first kappa shape index (κ1) is 17.0. The lowest BCUT2D eigenvalue weighted by molar-refractivity contribution is 0.243. The molecular weight excluding hydrogens is 266 g/mol. The SMILES string of the molecule is CC(=N)CCCOc1ccccc1NC(=O)NC(C)(C)C. The van der Waals surface area contributed by atoms with Crippen LogP contribution in [-0.2, 0) is 0 Å². The van der Waals surface area contributed by atoms with Crippen LogP contribution in [0.3, 0.4) is 0 Å². The van der Waals surface area contributed by atoms with Crippen molar-refractivity contribution in [2.75, 3.05) is 11.9 Å². The number of benzene rings is 1. The van der Waals surface area contributed by atoms with E-state index in [-0.39, 0.29) is 11.6 Å². The van der Waals surface area contributed by atoms with E-state index in [2.05, 4.69) is 10.6 Å². The Labute approximate surface area is 126 Å². The molecule has 1 aromatic rings. The molecule has 0 fully saturated rings. The van der Waals surface area contributed by atoms with E-state index in [9.17, 15) is 4.79 Å². The number of carbonyl (C=O) groups excluding carboxylic acids is 1. The van der Waals surface area contributed by atoms with Crippen LogP contribution in [0.25, 0.3) is 0 Å². The average Bonchev–Trinajstić information content (AvgIpc) is 2.33. The van der Waals surface area contributed by atoms with Crippen LogP contribution in [0.2, 0.25) is 0 Å². The summed E-state index contributed by atoms with van der Waals surface area (Å²) >= 11 is 0. The summed E-state index contributed by atoms with van der Waals surface area (Å²) < 4.78 is 5.68. The Morgan fingerprint density at radius 3 is 2.57 bits per heavy atom. The van der Waals surface area contributed by atoms with E-state index in [1.165, 1.54) is 0 Å². The van der Waals surface area contributed by atoms with Crippen molar-refractivity contribution in [3.05, 3.63) is 24.3 Å². The van der Waals surface area contributed by atoms with Gasteiger partial charge in [-0.2, -0.15) is 0 Å². The molecule has 21 heavy (non-hydrogen) atoms. The van der Waals surface area contributed by atoms with Crippen LogP contribution in [0, 0.1) is 5.41 Å². The molecule has 116 valence electrons. The number of amides is 2. The third kappa shape index (κ3) is 7.34. The van der Waals surface area contributed by atoms with Crippen molar-refractivity contribution in [1.29, 1.82) is 5.41 Å². The Morgan fingerprint density at radius 2 is 1.95 bits per heavy atom. The molecule has 1 rings (SSSR count). The Balaban J connectivity index is 2.58. The van der Waals surface area contributed by atoms with Crippen molar-refractivity contribution in [2.24, 2.45) is 0 Å². The predicted molar refractivity (Wildman–Crippen MR) is 86.5 cm³/mol. The zero-order valence-corrected chi connectivity index (χ0v) is 13.2. The van der Waals surface area contributed by atoms with E-state index in [0.717, 1.165) is 12.8 Å². The first-order chi connectivity index (χ1) is 9.78. The fourth-order valence-corrected chi connectivity index (χ4v) is 1.71. The van der Waals surface area contributed by atoms with E-state index in [4.69, 9.17) is 10.1 Å². The maximum atomic E-state index is 11.9. The van der Waals surface area contributed by atoms with Crippen LogP contribution >= 0.6 is 0 Å². The van der Waals surface area contributed by atoms with Crippen molar-refractivity contribution in [1.82, 2.24) is 5.32 Å². The molecule has 0 atom stereocenters. The number of ether oxygens (including phenoxy) is 1. The van der Waals surface area contributed by atoms with Crippen molar-refractivity contribution in [2.45, 2.75) is 46.1 Å². The summed E-state index contributed by atoms with van der Waals surface area (Å²) in [6.45, 7) is 8.08. The summed E-state index contributed by atoms with van der Waals surface area (Å²) in [4.78, 5) is 11.9. The standard InChI is InChI=1S/C16H25N3O2/c1-12(17)8-7-11-21-14-10-6-5-9-13(14)18-15(20)19-16(2,3)4/h5-6,9-10,17H,7-8,11H2,1-4H3,(H2,18,19,20). The van der Waals surface area contributed by atoms with Gasteiger partial charge in [-0.05, 0) is 52.7 Å². The number of para-hydroxylation sites is 2. The maximum absolute atomic E-state index is 11.9. The molecule has 5 nitrogen and oxygen atoms in total. The lowest BCUT2D eigenvalue weighted by Crippen LogP contribution is -2.43. The van der Waals surface area contributed by atoms with E-state index >= 15 is 0 Å². The molecule has 0 aliphatic rings. The lowest BCUT2D eigenvalue weighted by atomic mass is 10.1. The third-order valence-corrected chi connectivity index (χ3v) is 2.58. The maximum Gasteiger partial charge on any atom is 0.319 e. The van der Waals surface area contributed by atoms with E-state index < -0.39 is 0 Å². The molecule has 0 radical (unpaired) electrons. The van der Waals surface area contributed by atoms with Crippen molar-refractivity contribution < 1.29 is 9.53 Å². The number of nitrogens with one attached hydrogen (secondary N) is 3. The summed E-state index contributed by atoms with van der Waals surface area (Å²) in [6, 6.07) is 7.09. The van der Waals surface area contributed by atoms with Gasteiger partial charge in [0.15, 0.2) is 0 Å². The second-order valence-corrected chi connectivity index (χ2v) is 6.06. The molecule has 1 aromatic carbocycles. The first-order valence-corrected chi connectivity index (χ1v) is 7.13. The topological polar surface area (TPSA) is 74.2 Å². The quantitative estimate of drug-likeness (QED) is 0.551. The zero-order valence-electron chi connectivity index (χ0n) is 13.2. The number of rotatable bonds is 6. The highest BCUT2D eigenvalue weighted by Gasteiger charge is 2.14. The van der Waals surface area contributed by atoms with Crippen LogP contribution < -0.4 is 15.4 Å². The average molecular weight is 291 g/mol. The third-order valence-electron chi connectivity index (χ3n) is 2.58. The van der Waals surface area contributed by atoms with Crippen LogP contribution in [0.4, 0.5) is 10.5 Å². The molecular formula is C16H25N3O2. The normalized spacial score (nSPS) is 10.9. The highest BCUT2D eigenvalue weighted by molar-refractivity contribution is 5.91. The zero-order chi connectivity index (χ0) is 15.9. The molecule has 0 heterocycles. The van der Waals surface area contributed by atoms with Crippen molar-refractivity contribution in [3.63, 3.8) is 0 Å². The summed E-state index contributed by atoms with van der Waals surface area (Å²) in [5.41, 5.74) is 1.00. The molecule has 2 amide bonds. The second-order valence-electron chi connectivity index (χ2n) is 6.06. The summed E-state index contributed by atoms with van der Waals surface area (Å²) in [7, 11) is 0. The molecule has 0 aromatic heterocycles. The molecule has 0 saturated carbocycles. The molecule has 0 aliphatic carbocycles. The fraction of sp³-hybridized carbons (Fsp3) is 0.500. The van der Waals surface area contributed by atoms with E-state index in [1.54, 1.807) is 13.0 Å². The molecule has 0 spiro atoms. The highest BCUT2D eigenvalue weighted by Crippen LogP contribution is 2.24. The van der Waals surface area contributed by atoms with Crippen LogP contribution in [0.15, 0.2) is 24.3 Å². The minimum absolute atomic E-state index is 0.256. The Hall–Kier alpha value is -2.04. The molecule has 0 saturated heterocycles. The van der Waals surface area contributed by atoms with Crippen LogP contribution in [-0.4, -0.2) is 23.9 Å². The second kappa shape index (κ2) is 7.67. The van der Waals surface area contributed by atoms with Crippen LogP contribution in [0.5, 0.6) is 5.75 Å². The number of urea groups is 1. The van der Waals surface area contributed by atoms with Gasteiger partial charge in [-0.25, -0.2) is 4.79 Å². The van der Waals surface area contributed by atoms with Gasteiger partial charge in [0.25, 0.3) is 0 Å². The van der Waals surface area contributed by atoms with Gasteiger partial charge in [-0.1, -0.05) is 12.1 Å². The minimum Gasteiger partial charge on any atom is -0.491 e. The predicted octanol–water partition coefficient (Wildman–Crippen LogP) is 3.81. The Kier molecular flexibility index (Phi) is 6.21. The van der Waals surface area contributed by atoms with E-state index in [1.807, 2.05) is 39.0 Å². The van der Waals surface area contributed by atoms with Gasteiger partial charge in [0, 0.05) is 11.3 Å². The summed E-state index contributed by atoms with van der Waals surface area (Å²) in [5, 5.41) is 13.0. The van der Waals surface area contributed by atoms with Gasteiger partial charge >= 0.3 is 6.03 Å². The highest BCUT2D eigenvalue weighted by atomic mass is 16.5. The number of anilines is 1. The van der Waals surface area contributed by atoms with Gasteiger partial charge < -0.3 is 20.8 Å². The van der Waals surface area contributed by atoms with E-state index in [0.29, 0.717) is 23.8 Å². The monoisotopic (exact) mass is 291 g/mol. The molecule has 0 bridgehead atoms. The molecule has 0 aliphatic heterocycles. The number of hydrogen-bond acceptors (Lipinski definition) is 3. The largest absolute Gasteiger partial charge is 0.491 e. The van der Waals surface area contributed by atoms with Gasteiger partial charge in [-0.15, -0.1) is 0 Å². The van der Waals surface area contributed by atoms with Gasteiger partial charge in [0.05, 0.1) is 12.3 Å². The minimum atomic E-state index is -0.290. The van der Waals surface area contributed by atoms with Gasteiger partial charge in [0.2, 0.25) is 0 Å². The van der Waals surface area contributed by atoms with Crippen LogP contribution in [0.1, 0.15) is 40.5 Å². The molecule has 5 heteroatoms. The fourth-order valence-electron chi connectivity index (χ4n) is 1.71. The molecule has 0 unspecified atom stereocenters. The van der Waals surface area contributed by atoms with Crippen molar-refractivity contribution in [3.8, 4) is 5.75 Å². The lowest BCUT2D eigenvalue weighted by Gasteiger charge is -2.21. The first-order valence-electron chi connectivity index (χ1n) is 7.13. The number of carbonyl (C=O) groups is 1. The van der Waals surface area contributed by atoms with Gasteiger partial charge in [-0.3, -0.25) is 0 Å². The summed E-state index contributed by atoms with van der Waals surface area (Å²) in [5.74, 6) is 0.643. The smallest absolute Gasteiger partial charge is 0.319 e. The summed E-state index contributed by atoms with van der Waals surface area (Å²) in [6.07, 6.45) is 1.51. The molecule has 3 N–H and O–H groups in total. The Bertz CT molecular complexity index is 493. The Morgan fingerprint density at radius 1 is 1.29 bits per heavy atom. The van der Waals surface area contributed by atoms with Crippen molar-refractivity contribution >= 4 is 17.4 Å².